The van der Waals surface area contributed by atoms with E-state index in [1.165, 1.54) is 11.8 Å². The highest BCUT2D eigenvalue weighted by Crippen LogP contribution is 2.44. The molecule has 4 aromatic rings. The molecule has 3 aromatic carbocycles. The van der Waals surface area contributed by atoms with Crippen molar-refractivity contribution >= 4 is 45.0 Å². The Morgan fingerprint density at radius 3 is 2.76 bits per heavy atom. The Labute approximate surface area is 238 Å². The largest absolute Gasteiger partial charge is 0.490 e. The summed E-state index contributed by atoms with van der Waals surface area (Å²) >= 11 is 11.7. The Balaban J connectivity index is 1.52. The molecule has 0 saturated heterocycles. The first-order valence-corrected chi connectivity index (χ1v) is 14.1. The lowest BCUT2D eigenvalue weighted by Crippen LogP contribution is -2.17. The number of rotatable bonds is 9. The van der Waals surface area contributed by atoms with Crippen molar-refractivity contribution in [1.29, 1.82) is 0 Å². The van der Waals surface area contributed by atoms with Gasteiger partial charge in [0.2, 0.25) is 11.0 Å². The highest BCUT2D eigenvalue weighted by molar-refractivity contribution is 9.10. The SMILES string of the molecule is C=CCSc1nnc2c(n1)OC(c1cc(Cl)c(OCc3ccccc3)c(OCC)c1)Nc1ccc(Br)cc1-2. The van der Waals surface area contributed by atoms with Crippen molar-refractivity contribution in [1.82, 2.24) is 15.2 Å². The molecule has 2 heterocycles. The smallest absolute Gasteiger partial charge is 0.247 e. The fraction of sp³-hybridized carbons (Fsp3) is 0.179. The number of halogens is 2. The van der Waals surface area contributed by atoms with Crippen LogP contribution in [0.1, 0.15) is 24.3 Å². The molecule has 1 N–H and O–H groups in total. The van der Waals surface area contributed by atoms with E-state index in [0.29, 0.717) is 52.2 Å². The van der Waals surface area contributed by atoms with E-state index in [2.05, 4.69) is 43.0 Å². The van der Waals surface area contributed by atoms with Crippen LogP contribution in [-0.2, 0) is 6.61 Å². The standard InChI is InChI=1S/C28H24BrClN4O3S/c1-3-12-38-28-32-27-24(33-34-28)20-15-19(29)10-11-22(20)31-26(37-27)18-13-21(30)25(23(14-18)35-4-2)36-16-17-8-6-5-7-9-17/h3,5-11,13-15,26,31H,1,4,12,16H2,2H3. The van der Waals surface area contributed by atoms with Crippen LogP contribution in [0.3, 0.4) is 0 Å². The predicted octanol–water partition coefficient (Wildman–Crippen LogP) is 7.71. The van der Waals surface area contributed by atoms with Gasteiger partial charge in [-0.3, -0.25) is 0 Å². The van der Waals surface area contributed by atoms with Crippen LogP contribution in [0.4, 0.5) is 5.69 Å². The van der Waals surface area contributed by atoms with E-state index in [1.807, 2.05) is 67.6 Å². The minimum absolute atomic E-state index is 0.361. The van der Waals surface area contributed by atoms with Crippen molar-refractivity contribution in [3.05, 3.63) is 93.9 Å². The van der Waals surface area contributed by atoms with Crippen molar-refractivity contribution in [2.24, 2.45) is 0 Å². The fourth-order valence-electron chi connectivity index (χ4n) is 3.89. The van der Waals surface area contributed by atoms with Crippen LogP contribution in [0.25, 0.3) is 11.3 Å². The van der Waals surface area contributed by atoms with E-state index in [1.54, 1.807) is 6.08 Å². The number of hydrogen-bond acceptors (Lipinski definition) is 8. The second-order valence-electron chi connectivity index (χ2n) is 8.22. The van der Waals surface area contributed by atoms with Crippen molar-refractivity contribution in [3.63, 3.8) is 0 Å². The second kappa shape index (κ2) is 12.1. The highest BCUT2D eigenvalue weighted by atomic mass is 79.9. The summed E-state index contributed by atoms with van der Waals surface area (Å²) in [5.41, 5.74) is 3.94. The average molecular weight is 612 g/mol. The Morgan fingerprint density at radius 2 is 1.97 bits per heavy atom. The van der Waals surface area contributed by atoms with Gasteiger partial charge in [-0.1, -0.05) is 75.7 Å². The van der Waals surface area contributed by atoms with Gasteiger partial charge in [-0.2, -0.15) is 4.98 Å². The molecule has 1 aliphatic rings. The van der Waals surface area contributed by atoms with Crippen molar-refractivity contribution < 1.29 is 14.2 Å². The van der Waals surface area contributed by atoms with Crippen LogP contribution in [-0.4, -0.2) is 27.5 Å². The Hall–Kier alpha value is -3.27. The molecule has 0 bridgehead atoms. The summed E-state index contributed by atoms with van der Waals surface area (Å²) < 4.78 is 19.3. The molecule has 194 valence electrons. The summed E-state index contributed by atoms with van der Waals surface area (Å²) in [7, 11) is 0. The number of nitrogens with zero attached hydrogens (tertiary/aromatic N) is 3. The van der Waals surface area contributed by atoms with Gasteiger partial charge in [0.15, 0.2) is 23.4 Å². The maximum Gasteiger partial charge on any atom is 0.247 e. The average Bonchev–Trinajstić information content (AvgIpc) is 3.08. The van der Waals surface area contributed by atoms with E-state index >= 15 is 0 Å². The molecule has 1 aromatic heterocycles. The molecule has 1 atom stereocenters. The lowest BCUT2D eigenvalue weighted by Gasteiger charge is -2.22. The van der Waals surface area contributed by atoms with Gasteiger partial charge in [-0.05, 0) is 42.8 Å². The molecule has 0 saturated carbocycles. The lowest BCUT2D eigenvalue weighted by atomic mass is 10.1. The number of nitrogens with one attached hydrogen (secondary N) is 1. The van der Waals surface area contributed by atoms with Gasteiger partial charge in [-0.25, -0.2) is 0 Å². The van der Waals surface area contributed by atoms with E-state index in [9.17, 15) is 0 Å². The first-order chi connectivity index (χ1) is 18.6. The minimum Gasteiger partial charge on any atom is -0.490 e. The third-order valence-electron chi connectivity index (χ3n) is 5.58. The van der Waals surface area contributed by atoms with Crippen LogP contribution in [0.5, 0.6) is 17.4 Å². The quantitative estimate of drug-likeness (QED) is 0.152. The lowest BCUT2D eigenvalue weighted by molar-refractivity contribution is 0.223. The number of benzene rings is 3. The monoisotopic (exact) mass is 610 g/mol. The van der Waals surface area contributed by atoms with Gasteiger partial charge in [-0.15, -0.1) is 16.8 Å². The molecule has 0 spiro atoms. The highest BCUT2D eigenvalue weighted by Gasteiger charge is 2.28. The molecule has 38 heavy (non-hydrogen) atoms. The van der Waals surface area contributed by atoms with E-state index < -0.39 is 6.23 Å². The first-order valence-electron chi connectivity index (χ1n) is 11.9. The molecule has 0 fully saturated rings. The fourth-order valence-corrected chi connectivity index (χ4v) is 5.04. The van der Waals surface area contributed by atoms with Crippen LogP contribution in [0.15, 0.2) is 82.9 Å². The minimum atomic E-state index is -0.634. The maximum absolute atomic E-state index is 6.75. The Morgan fingerprint density at radius 1 is 1.13 bits per heavy atom. The second-order valence-corrected chi connectivity index (χ2v) is 10.5. The van der Waals surface area contributed by atoms with E-state index in [-0.39, 0.29) is 0 Å². The Bertz CT molecular complexity index is 1460. The van der Waals surface area contributed by atoms with Crippen LogP contribution in [0, 0.1) is 0 Å². The van der Waals surface area contributed by atoms with Crippen LogP contribution < -0.4 is 19.5 Å². The van der Waals surface area contributed by atoms with Gasteiger partial charge < -0.3 is 19.5 Å². The third kappa shape index (κ3) is 5.90. The molecule has 5 rings (SSSR count). The number of anilines is 1. The Kier molecular flexibility index (Phi) is 8.36. The van der Waals surface area contributed by atoms with Gasteiger partial charge in [0.05, 0.1) is 11.6 Å². The zero-order valence-corrected chi connectivity index (χ0v) is 23.6. The van der Waals surface area contributed by atoms with Crippen molar-refractivity contribution in [2.45, 2.75) is 24.9 Å². The van der Waals surface area contributed by atoms with Gasteiger partial charge >= 0.3 is 0 Å². The number of hydrogen-bond donors (Lipinski definition) is 1. The van der Waals surface area contributed by atoms with Gasteiger partial charge in [0.25, 0.3) is 0 Å². The van der Waals surface area contributed by atoms with Crippen molar-refractivity contribution in [2.75, 3.05) is 17.7 Å². The molecule has 0 radical (unpaired) electrons. The van der Waals surface area contributed by atoms with Crippen molar-refractivity contribution in [3.8, 4) is 28.6 Å². The van der Waals surface area contributed by atoms with Gasteiger partial charge in [0, 0.05) is 27.0 Å². The zero-order chi connectivity index (χ0) is 26.5. The van der Waals surface area contributed by atoms with E-state index in [4.69, 9.17) is 25.8 Å². The summed E-state index contributed by atoms with van der Waals surface area (Å²) in [4.78, 5) is 4.65. The molecule has 7 nitrogen and oxygen atoms in total. The first kappa shape index (κ1) is 26.3. The van der Waals surface area contributed by atoms with Gasteiger partial charge in [0.1, 0.15) is 6.61 Å². The summed E-state index contributed by atoms with van der Waals surface area (Å²) in [5, 5.41) is 13.1. The van der Waals surface area contributed by atoms with Crippen LogP contribution >= 0.6 is 39.3 Å². The summed E-state index contributed by atoms with van der Waals surface area (Å²) in [6.07, 6.45) is 1.15. The number of fused-ring (bicyclic) bond motifs is 3. The topological polar surface area (TPSA) is 78.4 Å². The normalized spacial score (nSPS) is 13.8. The maximum atomic E-state index is 6.75. The molecular weight excluding hydrogens is 588 g/mol. The number of aromatic nitrogens is 3. The summed E-state index contributed by atoms with van der Waals surface area (Å²) in [6.45, 7) is 6.48. The molecule has 10 heteroatoms. The predicted molar refractivity (Wildman–Crippen MR) is 154 cm³/mol. The number of thioether (sulfide) groups is 1. The third-order valence-corrected chi connectivity index (χ3v) is 7.19. The summed E-state index contributed by atoms with van der Waals surface area (Å²) in [5.74, 6) is 2.02. The van der Waals surface area contributed by atoms with E-state index in [0.717, 1.165) is 26.9 Å². The molecule has 1 aliphatic heterocycles. The number of ether oxygens (including phenoxy) is 3. The van der Waals surface area contributed by atoms with Crippen LogP contribution in [0.2, 0.25) is 5.02 Å². The summed E-state index contributed by atoms with van der Waals surface area (Å²) in [6, 6.07) is 19.4. The molecular formula is C28H24BrClN4O3S. The molecule has 1 unspecified atom stereocenters. The zero-order valence-electron chi connectivity index (χ0n) is 20.5. The molecule has 0 aliphatic carbocycles. The molecule has 0 amide bonds.